The van der Waals surface area contributed by atoms with Gasteiger partial charge in [0.1, 0.15) is 5.01 Å². The van der Waals surface area contributed by atoms with Gasteiger partial charge in [0.25, 0.3) is 0 Å². The van der Waals surface area contributed by atoms with Crippen molar-refractivity contribution in [3.63, 3.8) is 0 Å². The Labute approximate surface area is 112 Å². The highest BCUT2D eigenvalue weighted by Crippen LogP contribution is 2.30. The Balaban J connectivity index is 1.81. The highest BCUT2D eigenvalue weighted by Gasteiger charge is 2.24. The summed E-state index contributed by atoms with van der Waals surface area (Å²) >= 11 is 7.37. The van der Waals surface area contributed by atoms with Crippen molar-refractivity contribution in [2.24, 2.45) is 11.8 Å². The average Bonchev–Trinajstić information content (AvgIpc) is 2.73. The fourth-order valence-corrected chi connectivity index (χ4v) is 3.62. The second kappa shape index (κ2) is 6.17. The molecule has 96 valence electrons. The first-order valence-corrected chi connectivity index (χ1v) is 7.69. The third-order valence-electron chi connectivity index (χ3n) is 3.31. The van der Waals surface area contributed by atoms with Crippen LogP contribution in [0.4, 0.5) is 0 Å². The van der Waals surface area contributed by atoms with E-state index in [1.165, 1.54) is 19.3 Å². The minimum atomic E-state index is 0.414. The number of rotatable bonds is 4. The third-order valence-corrected chi connectivity index (χ3v) is 4.46. The summed E-state index contributed by atoms with van der Waals surface area (Å²) in [5, 5.41) is 3.06. The molecule has 0 amide bonds. The molecular weight excluding hydrogens is 254 g/mol. The van der Waals surface area contributed by atoms with Gasteiger partial charge in [-0.15, -0.1) is 22.9 Å². The molecule has 2 rings (SSSR count). The highest BCUT2D eigenvalue weighted by atomic mass is 35.5. The molecule has 1 aromatic rings. The molecule has 0 saturated heterocycles. The summed E-state index contributed by atoms with van der Waals surface area (Å²) in [4.78, 5) is 4.41. The van der Waals surface area contributed by atoms with Gasteiger partial charge in [-0.3, -0.25) is 0 Å². The zero-order valence-electron chi connectivity index (χ0n) is 10.5. The van der Waals surface area contributed by atoms with Crippen LogP contribution < -0.4 is 0 Å². The van der Waals surface area contributed by atoms with E-state index in [9.17, 15) is 0 Å². The van der Waals surface area contributed by atoms with Crippen LogP contribution in [0.1, 0.15) is 43.8 Å². The van der Waals surface area contributed by atoms with Crippen LogP contribution in [0.25, 0.3) is 0 Å². The minimum Gasteiger partial charge on any atom is -0.371 e. The molecule has 0 radical (unpaired) electrons. The van der Waals surface area contributed by atoms with Crippen LogP contribution in [-0.2, 0) is 17.2 Å². The Hall–Kier alpha value is -0.120. The molecular formula is C13H20ClNOS. The van der Waals surface area contributed by atoms with E-state index in [1.807, 2.05) is 5.38 Å². The predicted molar refractivity (Wildman–Crippen MR) is 72.4 cm³/mol. The summed E-state index contributed by atoms with van der Waals surface area (Å²) in [5.74, 6) is 2.07. The Morgan fingerprint density at radius 3 is 2.65 bits per heavy atom. The van der Waals surface area contributed by atoms with Crippen molar-refractivity contribution in [3.8, 4) is 0 Å². The molecule has 17 heavy (non-hydrogen) atoms. The average molecular weight is 274 g/mol. The van der Waals surface area contributed by atoms with Crippen molar-refractivity contribution in [3.05, 3.63) is 16.1 Å². The SMILES string of the molecule is CC1CC(C)CC(OCc2nc(CCl)cs2)C1. The van der Waals surface area contributed by atoms with Gasteiger partial charge in [-0.2, -0.15) is 0 Å². The van der Waals surface area contributed by atoms with Crippen LogP contribution in [-0.4, -0.2) is 11.1 Å². The van der Waals surface area contributed by atoms with E-state index in [1.54, 1.807) is 11.3 Å². The third kappa shape index (κ3) is 3.94. The second-order valence-electron chi connectivity index (χ2n) is 5.22. The minimum absolute atomic E-state index is 0.414. The normalized spacial score (nSPS) is 29.5. The summed E-state index contributed by atoms with van der Waals surface area (Å²) in [7, 11) is 0. The molecule has 1 heterocycles. The molecule has 0 aromatic carbocycles. The molecule has 1 aliphatic rings. The number of thiazole rings is 1. The number of ether oxygens (including phenoxy) is 1. The molecule has 2 atom stereocenters. The van der Waals surface area contributed by atoms with E-state index in [4.69, 9.17) is 16.3 Å². The van der Waals surface area contributed by atoms with E-state index in [0.29, 0.717) is 18.6 Å². The van der Waals surface area contributed by atoms with E-state index >= 15 is 0 Å². The molecule has 1 aliphatic carbocycles. The zero-order chi connectivity index (χ0) is 12.3. The monoisotopic (exact) mass is 273 g/mol. The number of alkyl halides is 1. The maximum absolute atomic E-state index is 5.97. The molecule has 4 heteroatoms. The van der Waals surface area contributed by atoms with Crippen LogP contribution >= 0.6 is 22.9 Å². The number of hydrogen-bond donors (Lipinski definition) is 0. The first-order chi connectivity index (χ1) is 8.17. The largest absolute Gasteiger partial charge is 0.371 e. The van der Waals surface area contributed by atoms with Gasteiger partial charge in [0, 0.05) is 5.38 Å². The van der Waals surface area contributed by atoms with Gasteiger partial charge in [-0.05, 0) is 31.1 Å². The summed E-state index contributed by atoms with van der Waals surface area (Å²) in [6, 6.07) is 0. The number of aromatic nitrogens is 1. The van der Waals surface area contributed by atoms with Gasteiger partial charge < -0.3 is 4.74 Å². The van der Waals surface area contributed by atoms with Gasteiger partial charge in [-0.25, -0.2) is 4.98 Å². The highest BCUT2D eigenvalue weighted by molar-refractivity contribution is 7.09. The molecule has 1 aromatic heterocycles. The summed E-state index contributed by atoms with van der Waals surface area (Å²) in [6.07, 6.45) is 4.14. The van der Waals surface area contributed by atoms with Crippen molar-refractivity contribution in [1.29, 1.82) is 0 Å². The number of hydrogen-bond acceptors (Lipinski definition) is 3. The summed E-state index contributed by atoms with van der Waals surface area (Å²) < 4.78 is 5.97. The topological polar surface area (TPSA) is 22.1 Å². The lowest BCUT2D eigenvalue weighted by molar-refractivity contribution is -0.00924. The van der Waals surface area contributed by atoms with E-state index in [-0.39, 0.29) is 0 Å². The van der Waals surface area contributed by atoms with E-state index < -0.39 is 0 Å². The quantitative estimate of drug-likeness (QED) is 0.766. The van der Waals surface area contributed by atoms with Crippen LogP contribution in [0.15, 0.2) is 5.38 Å². The van der Waals surface area contributed by atoms with Gasteiger partial charge in [-0.1, -0.05) is 13.8 Å². The number of halogens is 1. The van der Waals surface area contributed by atoms with Crippen molar-refractivity contribution < 1.29 is 4.74 Å². The Morgan fingerprint density at radius 2 is 2.06 bits per heavy atom. The van der Waals surface area contributed by atoms with Crippen molar-refractivity contribution in [2.75, 3.05) is 0 Å². The number of nitrogens with zero attached hydrogens (tertiary/aromatic N) is 1. The maximum atomic E-state index is 5.97. The maximum Gasteiger partial charge on any atom is 0.119 e. The molecule has 0 N–H and O–H groups in total. The Kier molecular flexibility index (Phi) is 4.83. The van der Waals surface area contributed by atoms with Crippen LogP contribution in [0, 0.1) is 11.8 Å². The fourth-order valence-electron chi connectivity index (χ4n) is 2.67. The smallest absolute Gasteiger partial charge is 0.119 e. The summed E-state index contributed by atoms with van der Waals surface area (Å²) in [5.41, 5.74) is 0.959. The molecule has 2 unspecified atom stereocenters. The second-order valence-corrected chi connectivity index (χ2v) is 6.43. The van der Waals surface area contributed by atoms with E-state index in [2.05, 4.69) is 18.8 Å². The first-order valence-electron chi connectivity index (χ1n) is 6.28. The lowest BCUT2D eigenvalue weighted by Gasteiger charge is -2.31. The lowest BCUT2D eigenvalue weighted by Crippen LogP contribution is -2.26. The first kappa shape index (κ1) is 13.3. The Morgan fingerprint density at radius 1 is 1.35 bits per heavy atom. The summed E-state index contributed by atoms with van der Waals surface area (Å²) in [6.45, 7) is 5.29. The van der Waals surface area contributed by atoms with E-state index in [0.717, 1.165) is 22.5 Å². The Bertz CT molecular complexity index is 345. The van der Waals surface area contributed by atoms with Crippen molar-refractivity contribution in [1.82, 2.24) is 4.98 Å². The van der Waals surface area contributed by atoms with Gasteiger partial charge in [0.05, 0.1) is 24.3 Å². The zero-order valence-corrected chi connectivity index (χ0v) is 12.1. The van der Waals surface area contributed by atoms with Gasteiger partial charge in [0.2, 0.25) is 0 Å². The van der Waals surface area contributed by atoms with Crippen molar-refractivity contribution in [2.45, 2.75) is 51.7 Å². The molecule has 0 spiro atoms. The van der Waals surface area contributed by atoms with Gasteiger partial charge in [0.15, 0.2) is 0 Å². The van der Waals surface area contributed by atoms with Gasteiger partial charge >= 0.3 is 0 Å². The predicted octanol–water partition coefficient (Wildman–Crippen LogP) is 4.22. The van der Waals surface area contributed by atoms with Crippen molar-refractivity contribution >= 4 is 22.9 Å². The fraction of sp³-hybridized carbons (Fsp3) is 0.769. The lowest BCUT2D eigenvalue weighted by atomic mass is 9.82. The van der Waals surface area contributed by atoms with Crippen LogP contribution in [0.5, 0.6) is 0 Å². The molecule has 1 saturated carbocycles. The van der Waals surface area contributed by atoms with Crippen LogP contribution in [0.3, 0.4) is 0 Å². The molecule has 2 nitrogen and oxygen atoms in total. The molecule has 1 fully saturated rings. The van der Waals surface area contributed by atoms with Crippen LogP contribution in [0.2, 0.25) is 0 Å². The standard InChI is InChI=1S/C13H20ClNOS/c1-9-3-10(2)5-12(4-9)16-7-13-15-11(6-14)8-17-13/h8-10,12H,3-7H2,1-2H3. The molecule has 0 bridgehead atoms. The molecule has 0 aliphatic heterocycles.